The smallest absolute Gasteiger partial charge is 0.324 e. The fraction of sp³-hybridized carbons (Fsp3) is 0.240. The highest BCUT2D eigenvalue weighted by atomic mass is 35.5. The van der Waals surface area contributed by atoms with E-state index in [0.29, 0.717) is 23.6 Å². The molecule has 2 atom stereocenters. The molecule has 156 valence electrons. The number of nitrogens with two attached hydrogens (primary N) is 1. The molecule has 0 amide bonds. The van der Waals surface area contributed by atoms with Crippen molar-refractivity contribution in [2.75, 3.05) is 13.7 Å². The minimum atomic E-state index is -1.24. The van der Waals surface area contributed by atoms with Crippen LogP contribution in [-0.2, 0) is 19.9 Å². The van der Waals surface area contributed by atoms with Gasteiger partial charge in [-0.25, -0.2) is 0 Å². The molecule has 1 unspecified atom stereocenters. The first-order valence-electron chi connectivity index (χ1n) is 9.84. The van der Waals surface area contributed by atoms with Crippen LogP contribution in [0.3, 0.4) is 0 Å². The maximum absolute atomic E-state index is 13.1. The first-order valence-corrected chi connectivity index (χ1v) is 10.2. The van der Waals surface area contributed by atoms with Gasteiger partial charge in [0.1, 0.15) is 6.04 Å². The van der Waals surface area contributed by atoms with Crippen molar-refractivity contribution in [1.29, 1.82) is 0 Å². The van der Waals surface area contributed by atoms with Crippen LogP contribution in [0, 0.1) is 6.92 Å². The Morgan fingerprint density at radius 2 is 1.57 bits per heavy atom. The Morgan fingerprint density at radius 1 is 0.967 bits per heavy atom. The molecule has 4 nitrogen and oxygen atoms in total. The Balaban J connectivity index is 2.23. The monoisotopic (exact) mass is 423 g/mol. The van der Waals surface area contributed by atoms with Gasteiger partial charge in [0.2, 0.25) is 0 Å². The van der Waals surface area contributed by atoms with E-state index < -0.39 is 17.6 Å². The quantitative estimate of drug-likeness (QED) is 0.415. The van der Waals surface area contributed by atoms with Crippen molar-refractivity contribution in [2.24, 2.45) is 5.73 Å². The Labute approximate surface area is 182 Å². The molecule has 0 heterocycles. The number of hydrogen-bond donors (Lipinski definition) is 1. The molecule has 0 aliphatic heterocycles. The lowest BCUT2D eigenvalue weighted by atomic mass is 9.79. The zero-order valence-corrected chi connectivity index (χ0v) is 17.9. The Kier molecular flexibility index (Phi) is 7.27. The largest absolute Gasteiger partial charge is 0.443 e. The number of ether oxygens (including phenoxy) is 2. The van der Waals surface area contributed by atoms with Crippen molar-refractivity contribution in [1.82, 2.24) is 0 Å². The number of esters is 1. The van der Waals surface area contributed by atoms with Crippen LogP contribution in [0.15, 0.2) is 78.9 Å². The van der Waals surface area contributed by atoms with E-state index in [1.54, 1.807) is 13.2 Å². The third kappa shape index (κ3) is 4.57. The molecular weight excluding hydrogens is 398 g/mol. The molecule has 0 aromatic heterocycles. The molecule has 2 N–H and O–H groups in total. The lowest BCUT2D eigenvalue weighted by Gasteiger charge is -2.36. The highest BCUT2D eigenvalue weighted by molar-refractivity contribution is 6.31. The highest BCUT2D eigenvalue weighted by Crippen LogP contribution is 2.43. The van der Waals surface area contributed by atoms with E-state index in [0.717, 1.165) is 16.7 Å². The number of hydrogen-bond acceptors (Lipinski definition) is 4. The van der Waals surface area contributed by atoms with Crippen LogP contribution in [0.2, 0.25) is 5.02 Å². The van der Waals surface area contributed by atoms with Gasteiger partial charge in [0, 0.05) is 35.4 Å². The predicted octanol–water partition coefficient (Wildman–Crippen LogP) is 4.85. The van der Waals surface area contributed by atoms with E-state index >= 15 is 0 Å². The maximum Gasteiger partial charge on any atom is 0.324 e. The van der Waals surface area contributed by atoms with Crippen LogP contribution in [0.25, 0.3) is 0 Å². The summed E-state index contributed by atoms with van der Waals surface area (Å²) in [5.41, 5.74) is 8.23. The van der Waals surface area contributed by atoms with Crippen LogP contribution in [0.1, 0.15) is 28.7 Å². The summed E-state index contributed by atoms with van der Waals surface area (Å²) in [6.45, 7) is 2.38. The van der Waals surface area contributed by atoms with Crippen LogP contribution in [0.5, 0.6) is 0 Å². The van der Waals surface area contributed by atoms with E-state index in [1.807, 2.05) is 79.7 Å². The minimum absolute atomic E-state index is 0.358. The number of carbonyl (C=O) groups excluding carboxylic acids is 1. The minimum Gasteiger partial charge on any atom is -0.443 e. The van der Waals surface area contributed by atoms with Crippen molar-refractivity contribution < 1.29 is 14.3 Å². The molecule has 0 radical (unpaired) electrons. The molecular formula is C25H26ClNO3. The summed E-state index contributed by atoms with van der Waals surface area (Å²) in [6.07, 6.45) is 0.358. The number of aryl methyl sites for hydroxylation is 1. The second-order valence-corrected chi connectivity index (χ2v) is 7.61. The van der Waals surface area contributed by atoms with Gasteiger partial charge < -0.3 is 15.2 Å². The second kappa shape index (κ2) is 9.90. The lowest BCUT2D eigenvalue weighted by Crippen LogP contribution is -2.42. The molecule has 30 heavy (non-hydrogen) atoms. The van der Waals surface area contributed by atoms with E-state index in [4.69, 9.17) is 26.8 Å². The summed E-state index contributed by atoms with van der Waals surface area (Å²) in [7, 11) is 1.57. The standard InChI is InChI=1S/C25H26ClNO3/c1-18-12-14-20(15-13-18)25(19-8-4-3-5-9-19,21-10-6-7-11-22(21)26)30-24(28)23(27)16-17-29-2/h3-15,23H,16-17,27H2,1-2H3/t23-,25?/m0/s1. The summed E-state index contributed by atoms with van der Waals surface area (Å²) in [5, 5.41) is 0.500. The number of methoxy groups -OCH3 is 1. The van der Waals surface area contributed by atoms with Crippen molar-refractivity contribution >= 4 is 17.6 Å². The Bertz CT molecular complexity index is 975. The zero-order chi connectivity index (χ0) is 21.6. The first kappa shape index (κ1) is 22.0. The second-order valence-electron chi connectivity index (χ2n) is 7.20. The number of benzene rings is 3. The molecule has 0 spiro atoms. The fourth-order valence-corrected chi connectivity index (χ4v) is 3.72. The molecule has 3 aromatic rings. The van der Waals surface area contributed by atoms with E-state index in [2.05, 4.69) is 0 Å². The van der Waals surface area contributed by atoms with Gasteiger partial charge in [0.05, 0.1) is 0 Å². The number of rotatable bonds is 8. The SMILES string of the molecule is COCC[C@H](N)C(=O)OC(c1ccccc1)(c1ccc(C)cc1)c1ccccc1Cl. The molecule has 0 aliphatic rings. The summed E-state index contributed by atoms with van der Waals surface area (Å²) in [4.78, 5) is 13.1. The van der Waals surface area contributed by atoms with Crippen LogP contribution >= 0.6 is 11.6 Å². The average Bonchev–Trinajstić information content (AvgIpc) is 2.77. The van der Waals surface area contributed by atoms with Gasteiger partial charge in [0.15, 0.2) is 5.60 Å². The molecule has 0 saturated heterocycles. The van der Waals surface area contributed by atoms with E-state index in [1.165, 1.54) is 0 Å². The molecule has 0 saturated carbocycles. The molecule has 0 bridgehead atoms. The van der Waals surface area contributed by atoms with Gasteiger partial charge in [-0.1, -0.05) is 90.0 Å². The zero-order valence-electron chi connectivity index (χ0n) is 17.2. The van der Waals surface area contributed by atoms with Crippen molar-refractivity contribution in [3.8, 4) is 0 Å². The van der Waals surface area contributed by atoms with Gasteiger partial charge in [-0.05, 0) is 19.4 Å². The van der Waals surface area contributed by atoms with Crippen LogP contribution in [0.4, 0.5) is 0 Å². The van der Waals surface area contributed by atoms with Gasteiger partial charge in [-0.2, -0.15) is 0 Å². The number of halogens is 1. The third-order valence-electron chi connectivity index (χ3n) is 5.08. The van der Waals surface area contributed by atoms with Crippen LogP contribution in [-0.4, -0.2) is 25.7 Å². The number of carbonyl (C=O) groups is 1. The Morgan fingerprint density at radius 3 is 2.20 bits per heavy atom. The average molecular weight is 424 g/mol. The van der Waals surface area contributed by atoms with Gasteiger partial charge >= 0.3 is 5.97 Å². The van der Waals surface area contributed by atoms with Gasteiger partial charge in [0.25, 0.3) is 0 Å². The summed E-state index contributed by atoms with van der Waals surface area (Å²) in [5.74, 6) is -0.517. The fourth-order valence-electron chi connectivity index (χ4n) is 3.45. The molecule has 0 fully saturated rings. The van der Waals surface area contributed by atoms with Gasteiger partial charge in [-0.15, -0.1) is 0 Å². The molecule has 5 heteroatoms. The van der Waals surface area contributed by atoms with Crippen molar-refractivity contribution in [3.63, 3.8) is 0 Å². The summed E-state index contributed by atoms with van der Waals surface area (Å²) < 4.78 is 11.3. The van der Waals surface area contributed by atoms with Gasteiger partial charge in [-0.3, -0.25) is 4.79 Å². The van der Waals surface area contributed by atoms with Crippen LogP contribution < -0.4 is 5.73 Å². The summed E-state index contributed by atoms with van der Waals surface area (Å²) >= 11 is 6.64. The van der Waals surface area contributed by atoms with Crippen molar-refractivity contribution in [2.45, 2.75) is 25.0 Å². The maximum atomic E-state index is 13.1. The molecule has 3 aromatic carbocycles. The molecule has 0 aliphatic carbocycles. The third-order valence-corrected chi connectivity index (χ3v) is 5.41. The van der Waals surface area contributed by atoms with E-state index in [-0.39, 0.29) is 0 Å². The van der Waals surface area contributed by atoms with E-state index in [9.17, 15) is 4.79 Å². The predicted molar refractivity (Wildman–Crippen MR) is 120 cm³/mol. The lowest BCUT2D eigenvalue weighted by molar-refractivity contribution is -0.155. The normalized spacial score (nSPS) is 14.0. The van der Waals surface area contributed by atoms with Crippen molar-refractivity contribution in [3.05, 3.63) is 106 Å². The molecule has 3 rings (SSSR count). The Hall–Kier alpha value is -2.66. The first-order chi connectivity index (χ1) is 14.5. The topological polar surface area (TPSA) is 61.5 Å². The highest BCUT2D eigenvalue weighted by Gasteiger charge is 2.42. The summed E-state index contributed by atoms with van der Waals surface area (Å²) in [6, 6.07) is 24.1.